The Kier molecular flexibility index (Phi) is 5.66. The van der Waals surface area contributed by atoms with Gasteiger partial charge < -0.3 is 20.7 Å². The zero-order valence-electron chi connectivity index (χ0n) is 14.9. The summed E-state index contributed by atoms with van der Waals surface area (Å²) in [4.78, 5) is 37.9. The number of carbonyl (C=O) groups excluding carboxylic acids is 3. The molecule has 0 aromatic rings. The lowest BCUT2D eigenvalue weighted by Gasteiger charge is -2.35. The predicted molar refractivity (Wildman–Crippen MR) is 86.5 cm³/mol. The van der Waals surface area contributed by atoms with E-state index in [0.29, 0.717) is 13.0 Å². The van der Waals surface area contributed by atoms with E-state index in [1.54, 1.807) is 20.8 Å². The van der Waals surface area contributed by atoms with Gasteiger partial charge in [-0.1, -0.05) is 20.8 Å². The van der Waals surface area contributed by atoms with E-state index in [1.165, 1.54) is 4.90 Å². The first-order valence-corrected chi connectivity index (χ1v) is 7.92. The second kappa shape index (κ2) is 6.76. The number of nitrogens with one attached hydrogen (secondary N) is 1. The molecule has 0 aliphatic carbocycles. The minimum Gasteiger partial charge on any atom is -0.444 e. The Labute approximate surface area is 137 Å². The molecule has 1 rings (SSSR count). The summed E-state index contributed by atoms with van der Waals surface area (Å²) in [5.74, 6) is -0.814. The largest absolute Gasteiger partial charge is 0.444 e. The van der Waals surface area contributed by atoms with Crippen LogP contribution in [0, 0.1) is 5.41 Å². The van der Waals surface area contributed by atoms with Gasteiger partial charge in [0.2, 0.25) is 11.8 Å². The lowest BCUT2D eigenvalue weighted by Crippen LogP contribution is -2.57. The topological polar surface area (TPSA) is 102 Å². The monoisotopic (exact) mass is 327 g/mol. The molecule has 0 saturated carbocycles. The number of hydrogen-bond acceptors (Lipinski definition) is 4. The molecule has 3 N–H and O–H groups in total. The number of rotatable bonds is 3. The van der Waals surface area contributed by atoms with E-state index in [-0.39, 0.29) is 5.91 Å². The summed E-state index contributed by atoms with van der Waals surface area (Å²) in [6.07, 6.45) is 0.633. The third-order valence-corrected chi connectivity index (χ3v) is 3.64. The van der Waals surface area contributed by atoms with Crippen LogP contribution in [-0.2, 0) is 14.3 Å². The van der Waals surface area contributed by atoms with Gasteiger partial charge in [0.05, 0.1) is 0 Å². The van der Waals surface area contributed by atoms with E-state index in [2.05, 4.69) is 5.32 Å². The highest BCUT2D eigenvalue weighted by Crippen LogP contribution is 2.26. The fourth-order valence-corrected chi connectivity index (χ4v) is 2.57. The average Bonchev–Trinajstić information content (AvgIpc) is 2.80. The zero-order valence-corrected chi connectivity index (χ0v) is 14.9. The van der Waals surface area contributed by atoms with Crippen LogP contribution >= 0.6 is 0 Å². The SMILES string of the molecule is CC(C)(C)OC(=O)NC(C(=O)N1CCC[C@H]1C(N)=O)C(C)(C)C. The van der Waals surface area contributed by atoms with Gasteiger partial charge in [-0.2, -0.15) is 0 Å². The van der Waals surface area contributed by atoms with Crippen molar-refractivity contribution in [1.82, 2.24) is 10.2 Å². The Morgan fingerprint density at radius 2 is 1.74 bits per heavy atom. The number of nitrogens with two attached hydrogens (primary N) is 1. The molecule has 0 aromatic carbocycles. The summed E-state index contributed by atoms with van der Waals surface area (Å²) < 4.78 is 5.24. The van der Waals surface area contributed by atoms with Crippen molar-refractivity contribution in [3.8, 4) is 0 Å². The molecule has 1 saturated heterocycles. The molecular formula is C16H29N3O4. The van der Waals surface area contributed by atoms with Crippen molar-refractivity contribution in [2.24, 2.45) is 11.1 Å². The molecule has 1 unspecified atom stereocenters. The van der Waals surface area contributed by atoms with Gasteiger partial charge >= 0.3 is 6.09 Å². The van der Waals surface area contributed by atoms with Crippen LogP contribution in [0.5, 0.6) is 0 Å². The smallest absolute Gasteiger partial charge is 0.408 e. The minimum atomic E-state index is -0.794. The van der Waals surface area contributed by atoms with Gasteiger partial charge in [0, 0.05) is 6.54 Å². The maximum atomic E-state index is 12.9. The first kappa shape index (κ1) is 19.3. The molecule has 0 radical (unpaired) electrons. The lowest BCUT2D eigenvalue weighted by atomic mass is 9.85. The Morgan fingerprint density at radius 1 is 1.17 bits per heavy atom. The average molecular weight is 327 g/mol. The first-order chi connectivity index (χ1) is 10.3. The number of amides is 3. The molecular weight excluding hydrogens is 298 g/mol. The molecule has 0 bridgehead atoms. The Balaban J connectivity index is 2.92. The number of hydrogen-bond donors (Lipinski definition) is 2. The summed E-state index contributed by atoms with van der Waals surface area (Å²) in [6.45, 7) is 11.3. The van der Waals surface area contributed by atoms with E-state index in [1.807, 2.05) is 20.8 Å². The van der Waals surface area contributed by atoms with Gasteiger partial charge in [-0.3, -0.25) is 9.59 Å². The molecule has 3 amide bonds. The predicted octanol–water partition coefficient (Wildman–Crippen LogP) is 1.40. The number of ether oxygens (including phenoxy) is 1. The third kappa shape index (κ3) is 5.41. The van der Waals surface area contributed by atoms with Crippen molar-refractivity contribution in [2.45, 2.75) is 72.1 Å². The Morgan fingerprint density at radius 3 is 2.17 bits per heavy atom. The number of carbonyl (C=O) groups is 3. The summed E-state index contributed by atoms with van der Waals surface area (Å²) >= 11 is 0. The normalized spacial score (nSPS) is 20.1. The Hall–Kier alpha value is -1.79. The number of likely N-dealkylation sites (tertiary alicyclic amines) is 1. The standard InChI is InChI=1S/C16H29N3O4/c1-15(2,3)11(18-14(22)23-16(4,5)6)13(21)19-9-7-8-10(19)12(17)20/h10-11H,7-9H2,1-6H3,(H2,17,20)(H,18,22)/t10-,11?/m0/s1. The van der Waals surface area contributed by atoms with Crippen LogP contribution in [0.1, 0.15) is 54.4 Å². The summed E-state index contributed by atoms with van der Waals surface area (Å²) in [6, 6.07) is -1.40. The molecule has 132 valence electrons. The highest BCUT2D eigenvalue weighted by molar-refractivity contribution is 5.91. The fourth-order valence-electron chi connectivity index (χ4n) is 2.57. The van der Waals surface area contributed by atoms with Gasteiger partial charge in [-0.25, -0.2) is 4.79 Å². The van der Waals surface area contributed by atoms with Crippen molar-refractivity contribution in [1.29, 1.82) is 0 Å². The quantitative estimate of drug-likeness (QED) is 0.818. The van der Waals surface area contributed by atoms with E-state index in [9.17, 15) is 14.4 Å². The molecule has 7 nitrogen and oxygen atoms in total. The molecule has 1 aliphatic rings. The van der Waals surface area contributed by atoms with Crippen molar-refractivity contribution in [3.63, 3.8) is 0 Å². The number of alkyl carbamates (subject to hydrolysis) is 1. The maximum Gasteiger partial charge on any atom is 0.408 e. The molecule has 7 heteroatoms. The van der Waals surface area contributed by atoms with Crippen LogP contribution in [0.2, 0.25) is 0 Å². The van der Waals surface area contributed by atoms with Crippen LogP contribution in [0.15, 0.2) is 0 Å². The number of nitrogens with zero attached hydrogens (tertiary/aromatic N) is 1. The van der Waals surface area contributed by atoms with Crippen molar-refractivity contribution >= 4 is 17.9 Å². The van der Waals surface area contributed by atoms with Crippen LogP contribution in [-0.4, -0.2) is 47.0 Å². The molecule has 1 aliphatic heterocycles. The van der Waals surface area contributed by atoms with Gasteiger partial charge in [0.15, 0.2) is 0 Å². The fraction of sp³-hybridized carbons (Fsp3) is 0.812. The van der Waals surface area contributed by atoms with Crippen LogP contribution < -0.4 is 11.1 Å². The Bertz CT molecular complexity index is 477. The van der Waals surface area contributed by atoms with Crippen molar-refractivity contribution in [3.05, 3.63) is 0 Å². The van der Waals surface area contributed by atoms with E-state index >= 15 is 0 Å². The van der Waals surface area contributed by atoms with Crippen molar-refractivity contribution in [2.75, 3.05) is 6.54 Å². The van der Waals surface area contributed by atoms with Gasteiger partial charge in [0.1, 0.15) is 17.7 Å². The van der Waals surface area contributed by atoms with Gasteiger partial charge in [-0.05, 0) is 39.0 Å². The highest BCUT2D eigenvalue weighted by atomic mass is 16.6. The first-order valence-electron chi connectivity index (χ1n) is 7.92. The van der Waals surface area contributed by atoms with E-state index < -0.39 is 35.1 Å². The minimum absolute atomic E-state index is 0.301. The van der Waals surface area contributed by atoms with E-state index in [4.69, 9.17) is 10.5 Å². The van der Waals surface area contributed by atoms with Gasteiger partial charge in [0.25, 0.3) is 0 Å². The lowest BCUT2D eigenvalue weighted by molar-refractivity contribution is -0.141. The molecule has 1 heterocycles. The van der Waals surface area contributed by atoms with Crippen LogP contribution in [0.25, 0.3) is 0 Å². The second-order valence-electron chi connectivity index (χ2n) is 8.04. The molecule has 2 atom stereocenters. The van der Waals surface area contributed by atoms with Gasteiger partial charge in [-0.15, -0.1) is 0 Å². The molecule has 0 aromatic heterocycles. The van der Waals surface area contributed by atoms with Crippen LogP contribution in [0.4, 0.5) is 4.79 Å². The van der Waals surface area contributed by atoms with Crippen LogP contribution in [0.3, 0.4) is 0 Å². The van der Waals surface area contributed by atoms with E-state index in [0.717, 1.165) is 6.42 Å². The number of primary amides is 1. The highest BCUT2D eigenvalue weighted by Gasteiger charge is 2.41. The molecule has 23 heavy (non-hydrogen) atoms. The van der Waals surface area contributed by atoms with Crippen molar-refractivity contribution < 1.29 is 19.1 Å². The maximum absolute atomic E-state index is 12.9. The summed E-state index contributed by atoms with van der Waals surface area (Å²) in [5, 5.41) is 2.65. The molecule has 1 fully saturated rings. The summed E-state index contributed by atoms with van der Waals surface area (Å²) in [7, 11) is 0. The summed E-state index contributed by atoms with van der Waals surface area (Å²) in [5.41, 5.74) is 4.19. The molecule has 0 spiro atoms. The second-order valence-corrected chi connectivity index (χ2v) is 8.04. The third-order valence-electron chi connectivity index (χ3n) is 3.64. The zero-order chi connectivity index (χ0) is 18.0.